The fourth-order valence-electron chi connectivity index (χ4n) is 2.99. The minimum atomic E-state index is -3.86. The van der Waals surface area contributed by atoms with Gasteiger partial charge in [0.15, 0.2) is 0 Å². The molecule has 0 N–H and O–H groups in total. The molecule has 3 aromatic carbocycles. The van der Waals surface area contributed by atoms with Crippen molar-refractivity contribution >= 4 is 21.6 Å². The van der Waals surface area contributed by atoms with Crippen molar-refractivity contribution in [1.82, 2.24) is 4.31 Å². The highest BCUT2D eigenvalue weighted by Gasteiger charge is 2.27. The maximum absolute atomic E-state index is 13.2. The standard InChI is InChI=1S/C23H23FN2O3S/c1-25(21-14-12-20(24)13-15-21)23(27)18-26(17-16-19-8-4-2-5-9-19)30(28,29)22-10-6-3-7-11-22/h2-15H,16-18H2,1H3. The quantitative estimate of drug-likeness (QED) is 0.552. The first-order chi connectivity index (χ1) is 14.4. The highest BCUT2D eigenvalue weighted by Crippen LogP contribution is 2.18. The van der Waals surface area contributed by atoms with Crippen molar-refractivity contribution in [3.63, 3.8) is 0 Å². The van der Waals surface area contributed by atoms with E-state index in [1.165, 1.54) is 45.6 Å². The summed E-state index contributed by atoms with van der Waals surface area (Å²) in [6.07, 6.45) is 0.473. The maximum atomic E-state index is 13.2. The molecule has 0 aromatic heterocycles. The number of amides is 1. The number of sulfonamides is 1. The number of rotatable bonds is 8. The van der Waals surface area contributed by atoms with Gasteiger partial charge in [0.05, 0.1) is 11.4 Å². The lowest BCUT2D eigenvalue weighted by molar-refractivity contribution is -0.118. The lowest BCUT2D eigenvalue weighted by atomic mass is 10.1. The molecule has 30 heavy (non-hydrogen) atoms. The van der Waals surface area contributed by atoms with Crippen LogP contribution in [0.1, 0.15) is 5.56 Å². The summed E-state index contributed by atoms with van der Waals surface area (Å²) >= 11 is 0. The van der Waals surface area contributed by atoms with Crippen LogP contribution < -0.4 is 4.90 Å². The number of likely N-dealkylation sites (N-methyl/N-ethyl adjacent to an activating group) is 1. The summed E-state index contributed by atoms with van der Waals surface area (Å²) in [6.45, 7) is -0.165. The van der Waals surface area contributed by atoms with Gasteiger partial charge in [-0.2, -0.15) is 4.31 Å². The Labute approximate surface area is 176 Å². The van der Waals surface area contributed by atoms with Crippen LogP contribution in [0.2, 0.25) is 0 Å². The highest BCUT2D eigenvalue weighted by molar-refractivity contribution is 7.89. The van der Waals surface area contributed by atoms with E-state index in [2.05, 4.69) is 0 Å². The Morgan fingerprint density at radius 2 is 1.43 bits per heavy atom. The van der Waals surface area contributed by atoms with E-state index in [1.807, 2.05) is 30.3 Å². The third-order valence-electron chi connectivity index (χ3n) is 4.77. The predicted molar refractivity (Wildman–Crippen MR) is 115 cm³/mol. The van der Waals surface area contributed by atoms with E-state index in [-0.39, 0.29) is 18.0 Å². The molecule has 0 radical (unpaired) electrons. The summed E-state index contributed by atoms with van der Waals surface area (Å²) in [5.74, 6) is -0.815. The van der Waals surface area contributed by atoms with Crippen molar-refractivity contribution in [3.8, 4) is 0 Å². The fraction of sp³-hybridized carbons (Fsp3) is 0.174. The van der Waals surface area contributed by atoms with E-state index in [9.17, 15) is 17.6 Å². The van der Waals surface area contributed by atoms with Crippen molar-refractivity contribution in [2.75, 3.05) is 25.0 Å². The van der Waals surface area contributed by atoms with Gasteiger partial charge in [-0.15, -0.1) is 0 Å². The van der Waals surface area contributed by atoms with Gasteiger partial charge in [0.2, 0.25) is 15.9 Å². The molecule has 0 unspecified atom stereocenters. The topological polar surface area (TPSA) is 57.7 Å². The molecule has 0 fully saturated rings. The van der Waals surface area contributed by atoms with Gasteiger partial charge in [-0.25, -0.2) is 12.8 Å². The summed E-state index contributed by atoms with van der Waals surface area (Å²) in [5.41, 5.74) is 1.46. The Morgan fingerprint density at radius 3 is 2.03 bits per heavy atom. The number of carbonyl (C=O) groups is 1. The van der Waals surface area contributed by atoms with E-state index < -0.39 is 21.7 Å². The smallest absolute Gasteiger partial charge is 0.243 e. The zero-order valence-electron chi connectivity index (χ0n) is 16.6. The summed E-state index contributed by atoms with van der Waals surface area (Å²) in [4.78, 5) is 14.3. The molecule has 0 heterocycles. The van der Waals surface area contributed by atoms with Gasteiger partial charge >= 0.3 is 0 Å². The lowest BCUT2D eigenvalue weighted by Gasteiger charge is -2.25. The fourth-order valence-corrected chi connectivity index (χ4v) is 4.40. The molecule has 3 rings (SSSR count). The van der Waals surface area contributed by atoms with Crippen molar-refractivity contribution in [3.05, 3.63) is 96.3 Å². The second kappa shape index (κ2) is 9.65. The molecular weight excluding hydrogens is 403 g/mol. The Morgan fingerprint density at radius 1 is 0.867 bits per heavy atom. The number of anilines is 1. The third-order valence-corrected chi connectivity index (χ3v) is 6.63. The average molecular weight is 427 g/mol. The second-order valence-corrected chi connectivity index (χ2v) is 8.75. The average Bonchev–Trinajstić information content (AvgIpc) is 2.77. The Balaban J connectivity index is 1.83. The highest BCUT2D eigenvalue weighted by atomic mass is 32.2. The Hall–Kier alpha value is -3.03. The van der Waals surface area contributed by atoms with Crippen LogP contribution in [0, 0.1) is 5.82 Å². The molecule has 0 aliphatic rings. The lowest BCUT2D eigenvalue weighted by Crippen LogP contribution is -2.42. The molecule has 7 heteroatoms. The molecule has 0 atom stereocenters. The molecule has 5 nitrogen and oxygen atoms in total. The summed E-state index contributed by atoms with van der Waals surface area (Å²) < 4.78 is 40.8. The van der Waals surface area contributed by atoms with Gasteiger partial charge in [-0.1, -0.05) is 48.5 Å². The van der Waals surface area contributed by atoms with Gasteiger partial charge in [-0.05, 0) is 48.4 Å². The first-order valence-corrected chi connectivity index (χ1v) is 10.9. The molecule has 3 aromatic rings. The van der Waals surface area contributed by atoms with E-state index >= 15 is 0 Å². The molecule has 0 aliphatic carbocycles. The monoisotopic (exact) mass is 426 g/mol. The van der Waals surface area contributed by atoms with Crippen LogP contribution in [0.3, 0.4) is 0 Å². The van der Waals surface area contributed by atoms with Gasteiger partial charge in [0.25, 0.3) is 0 Å². The molecule has 0 saturated heterocycles. The summed E-state index contributed by atoms with van der Waals surface area (Å²) in [5, 5.41) is 0. The van der Waals surface area contributed by atoms with Crippen LogP contribution >= 0.6 is 0 Å². The minimum Gasteiger partial charge on any atom is -0.314 e. The zero-order chi connectivity index (χ0) is 21.6. The Kier molecular flexibility index (Phi) is 6.97. The number of hydrogen-bond acceptors (Lipinski definition) is 3. The number of carbonyl (C=O) groups excluding carboxylic acids is 1. The van der Waals surface area contributed by atoms with Crippen LogP contribution in [0.25, 0.3) is 0 Å². The SMILES string of the molecule is CN(C(=O)CN(CCc1ccccc1)S(=O)(=O)c1ccccc1)c1ccc(F)cc1. The van der Waals surface area contributed by atoms with Crippen LogP contribution in [0.5, 0.6) is 0 Å². The van der Waals surface area contributed by atoms with E-state index in [0.29, 0.717) is 12.1 Å². The van der Waals surface area contributed by atoms with Crippen molar-refractivity contribution in [2.45, 2.75) is 11.3 Å². The molecule has 156 valence electrons. The summed E-state index contributed by atoms with van der Waals surface area (Å²) in [6, 6.07) is 23.0. The zero-order valence-corrected chi connectivity index (χ0v) is 17.4. The van der Waals surface area contributed by atoms with Gasteiger partial charge in [-0.3, -0.25) is 4.79 Å². The number of hydrogen-bond donors (Lipinski definition) is 0. The molecular formula is C23H23FN2O3S. The van der Waals surface area contributed by atoms with Gasteiger partial charge in [0, 0.05) is 19.3 Å². The van der Waals surface area contributed by atoms with Crippen molar-refractivity contribution < 1.29 is 17.6 Å². The van der Waals surface area contributed by atoms with Crippen LogP contribution in [0.15, 0.2) is 89.8 Å². The molecule has 0 aliphatic heterocycles. The van der Waals surface area contributed by atoms with Crippen LogP contribution in [-0.4, -0.2) is 38.8 Å². The third kappa shape index (κ3) is 5.31. The van der Waals surface area contributed by atoms with Crippen molar-refractivity contribution in [1.29, 1.82) is 0 Å². The first kappa shape index (κ1) is 21.7. The molecule has 0 saturated carbocycles. The van der Waals surface area contributed by atoms with Crippen molar-refractivity contribution in [2.24, 2.45) is 0 Å². The molecule has 1 amide bonds. The predicted octanol–water partition coefficient (Wildman–Crippen LogP) is 3.72. The summed E-state index contributed by atoms with van der Waals surface area (Å²) in [7, 11) is -2.32. The van der Waals surface area contributed by atoms with Gasteiger partial charge < -0.3 is 4.90 Å². The maximum Gasteiger partial charge on any atom is 0.243 e. The number of nitrogens with zero attached hydrogens (tertiary/aromatic N) is 2. The van der Waals surface area contributed by atoms with Gasteiger partial charge in [0.1, 0.15) is 5.82 Å². The largest absolute Gasteiger partial charge is 0.314 e. The number of benzene rings is 3. The minimum absolute atomic E-state index is 0.135. The molecule has 0 bridgehead atoms. The Bertz CT molecular complexity index is 1070. The van der Waals surface area contributed by atoms with E-state index in [1.54, 1.807) is 25.2 Å². The molecule has 0 spiro atoms. The second-order valence-electron chi connectivity index (χ2n) is 6.82. The van der Waals surface area contributed by atoms with Crippen LogP contribution in [0.4, 0.5) is 10.1 Å². The number of halogens is 1. The van der Waals surface area contributed by atoms with Crippen LogP contribution in [-0.2, 0) is 21.2 Å². The van der Waals surface area contributed by atoms with E-state index in [4.69, 9.17) is 0 Å². The first-order valence-electron chi connectivity index (χ1n) is 9.49. The van der Waals surface area contributed by atoms with E-state index in [0.717, 1.165) is 5.56 Å². The normalized spacial score (nSPS) is 11.4.